The van der Waals surface area contributed by atoms with Gasteiger partial charge in [-0.05, 0) is 73.9 Å². The lowest BCUT2D eigenvalue weighted by molar-refractivity contribution is -0.00387. The van der Waals surface area contributed by atoms with Crippen LogP contribution in [0.4, 0.5) is 0 Å². The van der Waals surface area contributed by atoms with Crippen molar-refractivity contribution in [3.63, 3.8) is 0 Å². The first-order valence-electron chi connectivity index (χ1n) is 11.2. The number of benzene rings is 2. The lowest BCUT2D eigenvalue weighted by Gasteiger charge is -2.30. The summed E-state index contributed by atoms with van der Waals surface area (Å²) in [7, 11) is 1.16. The number of fused-ring (bicyclic) bond motifs is 1. The van der Waals surface area contributed by atoms with Crippen LogP contribution in [0, 0.1) is 5.92 Å². The first-order chi connectivity index (χ1) is 14.5. The molecule has 3 fully saturated rings. The van der Waals surface area contributed by atoms with Crippen molar-refractivity contribution < 1.29 is 9.63 Å². The molecule has 1 heterocycles. The van der Waals surface area contributed by atoms with Crippen LogP contribution < -0.4 is 0 Å². The summed E-state index contributed by atoms with van der Waals surface area (Å²) in [5.41, 5.74) is 1.71. The van der Waals surface area contributed by atoms with Gasteiger partial charge in [-0.3, -0.25) is 0 Å². The Morgan fingerprint density at radius 1 is 0.889 bits per heavy atom. The van der Waals surface area contributed by atoms with Crippen LogP contribution in [0.25, 0.3) is 0 Å². The zero-order chi connectivity index (χ0) is 21.2. The molecule has 0 aromatic heterocycles. The van der Waals surface area contributed by atoms with E-state index in [1.807, 2.05) is 36.4 Å². The first-order valence-corrected chi connectivity index (χ1v) is 13.3. The molecule has 5 rings (SSSR count). The van der Waals surface area contributed by atoms with Gasteiger partial charge in [0.15, 0.2) is 0 Å². The van der Waals surface area contributed by atoms with E-state index < -0.39 is 13.3 Å². The summed E-state index contributed by atoms with van der Waals surface area (Å²) in [4.78, 5) is 0. The van der Waals surface area contributed by atoms with Crippen molar-refractivity contribution in [1.82, 2.24) is 4.67 Å². The van der Waals surface area contributed by atoms with Crippen LogP contribution >= 0.6 is 72.9 Å². The Balaban J connectivity index is -0.000000522. The average molecular weight is 614 g/mol. The highest BCUT2D eigenvalue weighted by Crippen LogP contribution is 2.66. The molecule has 1 N–H and O–H groups in total. The Morgan fingerprint density at radius 3 is 1.92 bits per heavy atom. The van der Waals surface area contributed by atoms with Gasteiger partial charge in [0.25, 0.3) is 0 Å². The Labute approximate surface area is 254 Å². The Morgan fingerprint density at radius 2 is 1.39 bits per heavy atom. The summed E-state index contributed by atoms with van der Waals surface area (Å²) in [5.74, 6) is 0.449. The van der Waals surface area contributed by atoms with E-state index >= 15 is 0 Å². The van der Waals surface area contributed by atoms with Crippen molar-refractivity contribution in [2.24, 2.45) is 5.92 Å². The Bertz CT molecular complexity index is 841. The van der Waals surface area contributed by atoms with E-state index in [1.54, 1.807) is 0 Å². The number of aliphatic hydroxyl groups is 1. The molecule has 0 radical (unpaired) electrons. The number of hydrogen-bond donors (Lipinski definition) is 1. The van der Waals surface area contributed by atoms with Gasteiger partial charge in [0.2, 0.25) is 7.65 Å². The van der Waals surface area contributed by atoms with E-state index in [-0.39, 0.29) is 74.4 Å². The molecule has 1 aliphatic heterocycles. The highest BCUT2D eigenvalue weighted by atomic mass is 35.7. The zero-order valence-electron chi connectivity index (χ0n) is 20.0. The third-order valence-corrected chi connectivity index (χ3v) is 9.49. The first kappa shape index (κ1) is 40.9. The van der Waals surface area contributed by atoms with Crippen molar-refractivity contribution in [1.29, 1.82) is 0 Å². The molecular weight excluding hydrogens is 565 g/mol. The minimum Gasteiger partial charge on any atom is -0.385 e. The van der Waals surface area contributed by atoms with E-state index in [9.17, 15) is 5.11 Å². The van der Waals surface area contributed by atoms with Crippen LogP contribution in [-0.4, -0.2) is 22.9 Å². The van der Waals surface area contributed by atoms with Crippen molar-refractivity contribution in [3.05, 3.63) is 71.8 Å². The van der Waals surface area contributed by atoms with E-state index in [0.717, 1.165) is 31.2 Å². The van der Waals surface area contributed by atoms with Crippen LogP contribution in [-0.2, 0) is 15.7 Å². The second-order valence-electron chi connectivity index (χ2n) is 8.84. The molecule has 3 nitrogen and oxygen atoms in total. The maximum atomic E-state index is 10.6. The molecule has 1 saturated heterocycles. The topological polar surface area (TPSA) is 32.7 Å². The van der Waals surface area contributed by atoms with Gasteiger partial charge in [-0.15, -0.1) is 0 Å². The number of hydrogen-bond acceptors (Lipinski definition) is 3. The highest BCUT2D eigenvalue weighted by molar-refractivity contribution is 7.78. The van der Waals surface area contributed by atoms with E-state index in [1.165, 1.54) is 24.8 Å². The molecule has 2 aliphatic carbocycles. The summed E-state index contributed by atoms with van der Waals surface area (Å²) in [5, 5.41) is 10.6. The molecule has 0 spiro atoms. The van der Waals surface area contributed by atoms with Crippen LogP contribution in [0.1, 0.15) is 77.8 Å². The minimum absolute atomic E-state index is 0. The third-order valence-electron chi connectivity index (χ3n) is 7.32. The van der Waals surface area contributed by atoms with E-state index in [2.05, 4.69) is 42.9 Å². The summed E-state index contributed by atoms with van der Waals surface area (Å²) in [6.07, 6.45) is 7.84. The van der Waals surface area contributed by atoms with E-state index in [0.29, 0.717) is 12.0 Å². The van der Waals surface area contributed by atoms with Gasteiger partial charge in [-0.2, -0.15) is 54.0 Å². The molecule has 0 amide bonds. The maximum absolute atomic E-state index is 10.6. The van der Waals surface area contributed by atoms with Crippen LogP contribution in [0.15, 0.2) is 60.7 Å². The molecule has 3 aliphatic rings. The molecule has 36 heavy (non-hydrogen) atoms. The molecule has 5 atom stereocenters. The molecule has 2 saturated carbocycles. The minimum atomic E-state index is -0.926. The lowest BCUT2D eigenvalue weighted by Crippen LogP contribution is -2.36. The fraction of sp³-hybridized carbons (Fsp3) is 0.556. The van der Waals surface area contributed by atoms with E-state index in [4.69, 9.17) is 15.8 Å². The predicted octanol–water partition coefficient (Wildman–Crippen LogP) is 8.67. The van der Waals surface area contributed by atoms with Gasteiger partial charge in [0, 0.05) is 6.04 Å². The van der Waals surface area contributed by atoms with Crippen molar-refractivity contribution in [3.8, 4) is 0 Å². The van der Waals surface area contributed by atoms with Gasteiger partial charge in [-0.25, -0.2) is 4.67 Å². The summed E-state index contributed by atoms with van der Waals surface area (Å²) < 4.78 is 8.35. The quantitative estimate of drug-likeness (QED) is 0.352. The number of nitrogens with zero attached hydrogens (tertiary/aromatic N) is 1. The van der Waals surface area contributed by atoms with Gasteiger partial charge in [-0.1, -0.05) is 88.9 Å². The largest absolute Gasteiger partial charge is 0.385 e. The number of halogens is 1. The maximum Gasteiger partial charge on any atom is 0.207 e. The zero-order valence-corrected chi connectivity index (χ0v) is 25.7. The SMILES string of the molecule is C.C.CC[C@H]1CCC[C@]1(O)c1ccccc1.CN1[C@H]2CCC[C@@]2(c2ccccc2)OP1Cl.S.S.S.S. The second kappa shape index (κ2) is 17.9. The lowest BCUT2D eigenvalue weighted by atomic mass is 9.82. The molecule has 1 unspecified atom stereocenters. The standard InChI is InChI=1S/C13H18O.C12H15ClNOP.2CH4.4H2S/c1-2-11-9-6-10-13(11,14)12-7-4-3-5-8-12;1-14-11-8-5-9-12(11,15-16(14)13)10-6-3-2-4-7-10;;;;;;/h3-5,7-8,11,14H,2,6,9-10H2,1H3;2-4,6-7,11H,5,8-9H2,1H3;2*1H4;4*1H2/t11-,13+;11-,12-,16?;;;;;;/m00....../s1. The normalized spacial score (nSPS) is 29.7. The molecule has 2 aromatic carbocycles. The Kier molecular flexibility index (Phi) is 20.4. The van der Waals surface area contributed by atoms with Crippen LogP contribution in [0.5, 0.6) is 0 Å². The summed E-state index contributed by atoms with van der Waals surface area (Å²) >= 11 is 6.27. The second-order valence-corrected chi connectivity index (χ2v) is 11.0. The molecule has 210 valence electrons. The Hall–Kier alpha value is 0.440. The molecule has 0 bridgehead atoms. The molecule has 9 heteroatoms. The van der Waals surface area contributed by atoms with Crippen molar-refractivity contribution >= 4 is 72.9 Å². The van der Waals surface area contributed by atoms with Gasteiger partial charge in [0.1, 0.15) is 5.60 Å². The fourth-order valence-electron chi connectivity index (χ4n) is 5.68. The molecular formula is C27H49ClNO2PS4. The van der Waals surface area contributed by atoms with Gasteiger partial charge < -0.3 is 9.63 Å². The third kappa shape index (κ3) is 7.99. The van der Waals surface area contributed by atoms with Gasteiger partial charge >= 0.3 is 0 Å². The number of rotatable bonds is 3. The van der Waals surface area contributed by atoms with Crippen LogP contribution in [0.2, 0.25) is 0 Å². The van der Waals surface area contributed by atoms with Crippen molar-refractivity contribution in [2.75, 3.05) is 7.05 Å². The van der Waals surface area contributed by atoms with Crippen LogP contribution in [0.3, 0.4) is 0 Å². The highest BCUT2D eigenvalue weighted by Gasteiger charge is 2.55. The van der Waals surface area contributed by atoms with Crippen molar-refractivity contribution in [2.45, 2.75) is 84.0 Å². The summed E-state index contributed by atoms with van der Waals surface area (Å²) in [6.45, 7) is 2.17. The smallest absolute Gasteiger partial charge is 0.207 e. The fourth-order valence-corrected chi connectivity index (χ4v) is 7.60. The monoisotopic (exact) mass is 613 g/mol. The summed E-state index contributed by atoms with van der Waals surface area (Å²) in [6, 6.07) is 21.1. The van der Waals surface area contributed by atoms with Gasteiger partial charge in [0.05, 0.1) is 5.60 Å². The average Bonchev–Trinajstić information content (AvgIpc) is 3.45. The predicted molar refractivity (Wildman–Crippen MR) is 180 cm³/mol. The molecule has 2 aromatic rings. The number of likely N-dealkylation sites (N-methyl/N-ethyl adjacent to an activating group) is 1.